The van der Waals surface area contributed by atoms with Crippen LogP contribution < -0.4 is 5.73 Å². The first kappa shape index (κ1) is 15.1. The zero-order valence-corrected chi connectivity index (χ0v) is 12.5. The first-order chi connectivity index (χ1) is 9.60. The third kappa shape index (κ3) is 3.87. The second kappa shape index (κ2) is 6.95. The number of hydrogen-bond donors (Lipinski definition) is 1. The maximum atomic E-state index is 12.1. The molecule has 0 bridgehead atoms. The monoisotopic (exact) mass is 296 g/mol. The lowest BCUT2D eigenvalue weighted by Gasteiger charge is -2.16. The van der Waals surface area contributed by atoms with Crippen molar-refractivity contribution in [2.24, 2.45) is 0 Å². The summed E-state index contributed by atoms with van der Waals surface area (Å²) in [6, 6.07) is 4.84. The second-order valence-corrected chi connectivity index (χ2v) is 5.62. The number of anilines is 1. The molecule has 0 saturated carbocycles. The highest BCUT2D eigenvalue weighted by Gasteiger charge is 2.26. The number of nitrogens with zero attached hydrogens (tertiary/aromatic N) is 1. The molecule has 0 spiro atoms. The van der Waals surface area contributed by atoms with Gasteiger partial charge in [-0.1, -0.05) is 24.9 Å². The number of hydrogen-bond acceptors (Lipinski definition) is 4. The Bertz CT molecular complexity index is 479. The number of carbonyl (C=O) groups excluding carboxylic acids is 1. The van der Waals surface area contributed by atoms with E-state index in [0.29, 0.717) is 16.3 Å². The first-order valence-electron chi connectivity index (χ1n) is 7.08. The van der Waals surface area contributed by atoms with E-state index in [4.69, 9.17) is 22.1 Å². The maximum absolute atomic E-state index is 12.1. The topological polar surface area (TPSA) is 55.6 Å². The molecule has 0 radical (unpaired) electrons. The van der Waals surface area contributed by atoms with E-state index in [0.717, 1.165) is 26.1 Å². The van der Waals surface area contributed by atoms with Crippen molar-refractivity contribution >= 4 is 23.3 Å². The molecule has 1 aliphatic rings. The summed E-state index contributed by atoms with van der Waals surface area (Å²) in [7, 11) is 0. The molecule has 5 heteroatoms. The van der Waals surface area contributed by atoms with Crippen molar-refractivity contribution in [3.63, 3.8) is 0 Å². The van der Waals surface area contributed by atoms with Crippen LogP contribution >= 0.6 is 11.6 Å². The molecule has 2 rings (SSSR count). The number of rotatable bonds is 5. The van der Waals surface area contributed by atoms with Gasteiger partial charge in [-0.05, 0) is 37.6 Å². The molecule has 1 aliphatic heterocycles. The largest absolute Gasteiger partial charge is 0.457 e. The van der Waals surface area contributed by atoms with Gasteiger partial charge in [0.15, 0.2) is 0 Å². The summed E-state index contributed by atoms with van der Waals surface area (Å²) in [6.45, 7) is 5.07. The third-order valence-electron chi connectivity index (χ3n) is 3.54. The molecule has 1 saturated heterocycles. The van der Waals surface area contributed by atoms with Crippen LogP contribution in [0.3, 0.4) is 0 Å². The quantitative estimate of drug-likeness (QED) is 0.670. The summed E-state index contributed by atoms with van der Waals surface area (Å²) in [4.78, 5) is 14.4. The van der Waals surface area contributed by atoms with Crippen LogP contribution in [-0.4, -0.2) is 36.6 Å². The van der Waals surface area contributed by atoms with Gasteiger partial charge in [-0.25, -0.2) is 4.79 Å². The zero-order chi connectivity index (χ0) is 14.5. The van der Waals surface area contributed by atoms with E-state index in [1.165, 1.54) is 12.8 Å². The van der Waals surface area contributed by atoms with Gasteiger partial charge in [-0.2, -0.15) is 0 Å². The normalized spacial score (nSPS) is 19.2. The second-order valence-electron chi connectivity index (χ2n) is 5.21. The standard InChI is InChI=1S/C15H21ClN2O2/c1-2-3-7-18-8-6-12(10-18)20-15(19)13-5-4-11(17)9-14(13)16/h4-5,9,12H,2-3,6-8,10,17H2,1H3. The van der Waals surface area contributed by atoms with Crippen molar-refractivity contribution in [2.75, 3.05) is 25.4 Å². The van der Waals surface area contributed by atoms with Gasteiger partial charge in [0.2, 0.25) is 0 Å². The predicted octanol–water partition coefficient (Wildman–Crippen LogP) is 2.95. The summed E-state index contributed by atoms with van der Waals surface area (Å²) in [5.74, 6) is -0.364. The number of likely N-dealkylation sites (tertiary alicyclic amines) is 1. The smallest absolute Gasteiger partial charge is 0.339 e. The van der Waals surface area contributed by atoms with Crippen molar-refractivity contribution in [3.8, 4) is 0 Å². The van der Waals surface area contributed by atoms with Gasteiger partial charge in [0.25, 0.3) is 0 Å². The SMILES string of the molecule is CCCCN1CCC(OC(=O)c2ccc(N)cc2Cl)C1. The van der Waals surface area contributed by atoms with E-state index in [-0.39, 0.29) is 12.1 Å². The van der Waals surface area contributed by atoms with Gasteiger partial charge in [0.05, 0.1) is 10.6 Å². The average Bonchev–Trinajstić information content (AvgIpc) is 2.83. The maximum Gasteiger partial charge on any atom is 0.339 e. The van der Waals surface area contributed by atoms with Crippen molar-refractivity contribution in [2.45, 2.75) is 32.3 Å². The van der Waals surface area contributed by atoms with E-state index in [1.54, 1.807) is 18.2 Å². The first-order valence-corrected chi connectivity index (χ1v) is 7.46. The van der Waals surface area contributed by atoms with Gasteiger partial charge in [-0.15, -0.1) is 0 Å². The molecule has 2 N–H and O–H groups in total. The summed E-state index contributed by atoms with van der Waals surface area (Å²) in [5.41, 5.74) is 6.53. The number of nitrogen functional groups attached to an aromatic ring is 1. The Hall–Kier alpha value is -1.26. The van der Waals surface area contributed by atoms with E-state index >= 15 is 0 Å². The lowest BCUT2D eigenvalue weighted by Crippen LogP contribution is -2.26. The lowest BCUT2D eigenvalue weighted by molar-refractivity contribution is 0.0322. The lowest BCUT2D eigenvalue weighted by atomic mass is 10.2. The van der Waals surface area contributed by atoms with Gasteiger partial charge in [0, 0.05) is 18.8 Å². The Balaban J connectivity index is 1.89. The Kier molecular flexibility index (Phi) is 5.26. The molecule has 1 heterocycles. The summed E-state index contributed by atoms with van der Waals surface area (Å²) < 4.78 is 5.52. The molecule has 4 nitrogen and oxygen atoms in total. The molecule has 20 heavy (non-hydrogen) atoms. The van der Waals surface area contributed by atoms with Crippen LogP contribution in [0.5, 0.6) is 0 Å². The Morgan fingerprint density at radius 3 is 3.05 bits per heavy atom. The van der Waals surface area contributed by atoms with Crippen LogP contribution in [0.1, 0.15) is 36.5 Å². The minimum Gasteiger partial charge on any atom is -0.457 e. The Labute approximate surface area is 124 Å². The summed E-state index contributed by atoms with van der Waals surface area (Å²) in [6.07, 6.45) is 3.22. The Morgan fingerprint density at radius 2 is 2.35 bits per heavy atom. The number of unbranched alkanes of at least 4 members (excludes halogenated alkanes) is 1. The molecule has 0 aromatic heterocycles. The molecule has 1 unspecified atom stereocenters. The van der Waals surface area contributed by atoms with Crippen LogP contribution in [-0.2, 0) is 4.74 Å². The molecule has 1 fully saturated rings. The van der Waals surface area contributed by atoms with Gasteiger partial charge >= 0.3 is 5.97 Å². The number of nitrogens with two attached hydrogens (primary N) is 1. The van der Waals surface area contributed by atoms with Crippen LogP contribution in [0.25, 0.3) is 0 Å². The van der Waals surface area contributed by atoms with Gasteiger partial charge in [0.1, 0.15) is 6.10 Å². The third-order valence-corrected chi connectivity index (χ3v) is 3.86. The fraction of sp³-hybridized carbons (Fsp3) is 0.533. The van der Waals surface area contributed by atoms with Crippen LogP contribution in [0.4, 0.5) is 5.69 Å². The number of carbonyl (C=O) groups is 1. The zero-order valence-electron chi connectivity index (χ0n) is 11.8. The number of halogens is 1. The molecule has 0 amide bonds. The molecule has 1 aromatic rings. The molecule has 110 valence electrons. The number of benzene rings is 1. The number of ether oxygens (including phenoxy) is 1. The molecular formula is C15H21ClN2O2. The van der Waals surface area contributed by atoms with Crippen molar-refractivity contribution in [1.29, 1.82) is 0 Å². The highest BCUT2D eigenvalue weighted by molar-refractivity contribution is 6.33. The summed E-state index contributed by atoms with van der Waals surface area (Å²) in [5, 5.41) is 0.343. The van der Waals surface area contributed by atoms with Crippen molar-refractivity contribution < 1.29 is 9.53 Å². The van der Waals surface area contributed by atoms with E-state index in [9.17, 15) is 4.79 Å². The average molecular weight is 297 g/mol. The minimum absolute atomic E-state index is 0.0343. The van der Waals surface area contributed by atoms with E-state index in [2.05, 4.69) is 11.8 Å². The van der Waals surface area contributed by atoms with Crippen LogP contribution in [0.2, 0.25) is 5.02 Å². The van der Waals surface area contributed by atoms with E-state index in [1.807, 2.05) is 0 Å². The highest BCUT2D eigenvalue weighted by Crippen LogP contribution is 2.22. The highest BCUT2D eigenvalue weighted by atomic mass is 35.5. The Morgan fingerprint density at radius 1 is 1.55 bits per heavy atom. The van der Waals surface area contributed by atoms with Crippen LogP contribution in [0.15, 0.2) is 18.2 Å². The van der Waals surface area contributed by atoms with Crippen molar-refractivity contribution in [1.82, 2.24) is 4.90 Å². The fourth-order valence-electron chi connectivity index (χ4n) is 2.39. The van der Waals surface area contributed by atoms with Gasteiger partial charge in [-0.3, -0.25) is 4.90 Å². The predicted molar refractivity (Wildman–Crippen MR) is 81.0 cm³/mol. The van der Waals surface area contributed by atoms with Crippen LogP contribution in [0, 0.1) is 0 Å². The fourth-order valence-corrected chi connectivity index (χ4v) is 2.66. The van der Waals surface area contributed by atoms with Crippen molar-refractivity contribution in [3.05, 3.63) is 28.8 Å². The molecule has 1 atom stereocenters. The molecule has 1 aromatic carbocycles. The molecule has 0 aliphatic carbocycles. The summed E-state index contributed by atoms with van der Waals surface area (Å²) >= 11 is 6.02. The molecular weight excluding hydrogens is 276 g/mol. The number of esters is 1. The van der Waals surface area contributed by atoms with E-state index < -0.39 is 0 Å². The van der Waals surface area contributed by atoms with Gasteiger partial charge < -0.3 is 10.5 Å². The minimum atomic E-state index is -0.364.